The SMILES string of the molecule is Cc1nc(O)c2c(n1)N([C@@H]1O[C@H](COC(=O)[C@@H](O)C(C)C)[C@@H](O)[C@H]1O)CS2. The average Bonchev–Trinajstić information content (AvgIpc) is 3.14. The first kappa shape index (κ1) is 20.1. The second kappa shape index (κ2) is 7.76. The lowest BCUT2D eigenvalue weighted by Gasteiger charge is -2.27. The predicted molar refractivity (Wildman–Crippen MR) is 94.1 cm³/mol. The van der Waals surface area contributed by atoms with Crippen molar-refractivity contribution in [2.24, 2.45) is 5.92 Å². The summed E-state index contributed by atoms with van der Waals surface area (Å²) in [5, 5.41) is 40.3. The topological polar surface area (TPSA) is 145 Å². The van der Waals surface area contributed by atoms with Gasteiger partial charge in [-0.1, -0.05) is 25.6 Å². The first-order valence-electron chi connectivity index (χ1n) is 8.54. The normalized spacial score (nSPS) is 28.5. The molecule has 1 fully saturated rings. The van der Waals surface area contributed by atoms with E-state index in [9.17, 15) is 25.2 Å². The highest BCUT2D eigenvalue weighted by molar-refractivity contribution is 8.00. The molecular formula is C16H23N3O7S. The van der Waals surface area contributed by atoms with E-state index in [1.54, 1.807) is 25.7 Å². The van der Waals surface area contributed by atoms with Gasteiger partial charge in [0.15, 0.2) is 18.1 Å². The van der Waals surface area contributed by atoms with E-state index in [-0.39, 0.29) is 18.4 Å². The van der Waals surface area contributed by atoms with Gasteiger partial charge in [-0.05, 0) is 12.8 Å². The number of fused-ring (bicyclic) bond motifs is 1. The van der Waals surface area contributed by atoms with Gasteiger partial charge in [0.1, 0.15) is 35.6 Å². The fourth-order valence-electron chi connectivity index (χ4n) is 2.89. The van der Waals surface area contributed by atoms with Gasteiger partial charge in [-0.2, -0.15) is 4.98 Å². The van der Waals surface area contributed by atoms with Gasteiger partial charge in [0, 0.05) is 0 Å². The van der Waals surface area contributed by atoms with Gasteiger partial charge in [0.2, 0.25) is 5.88 Å². The molecule has 2 aliphatic heterocycles. The molecule has 0 amide bonds. The molecule has 10 nitrogen and oxygen atoms in total. The fraction of sp³-hybridized carbons (Fsp3) is 0.688. The van der Waals surface area contributed by atoms with Gasteiger partial charge in [-0.15, -0.1) is 0 Å². The molecule has 5 atom stereocenters. The molecule has 0 radical (unpaired) electrons. The average molecular weight is 401 g/mol. The summed E-state index contributed by atoms with van der Waals surface area (Å²) in [5.41, 5.74) is 0. The van der Waals surface area contributed by atoms with E-state index in [0.717, 1.165) is 0 Å². The molecule has 0 aromatic carbocycles. The Labute approximate surface area is 160 Å². The number of aromatic hydroxyl groups is 1. The second-order valence-corrected chi connectivity index (χ2v) is 7.81. The molecule has 11 heteroatoms. The summed E-state index contributed by atoms with van der Waals surface area (Å²) in [6.45, 7) is 4.67. The van der Waals surface area contributed by atoms with Crippen molar-refractivity contribution in [1.82, 2.24) is 9.97 Å². The van der Waals surface area contributed by atoms with Crippen LogP contribution in [0.1, 0.15) is 19.7 Å². The van der Waals surface area contributed by atoms with Crippen molar-refractivity contribution in [3.8, 4) is 5.88 Å². The molecule has 4 N–H and O–H groups in total. The van der Waals surface area contributed by atoms with Gasteiger partial charge in [0.05, 0.1) is 5.88 Å². The van der Waals surface area contributed by atoms with E-state index in [2.05, 4.69) is 9.97 Å². The van der Waals surface area contributed by atoms with Crippen molar-refractivity contribution in [3.05, 3.63) is 5.82 Å². The van der Waals surface area contributed by atoms with E-state index < -0.39 is 36.6 Å². The molecule has 3 rings (SSSR count). The van der Waals surface area contributed by atoms with Gasteiger partial charge in [-0.3, -0.25) is 0 Å². The Morgan fingerprint density at radius 3 is 2.74 bits per heavy atom. The van der Waals surface area contributed by atoms with Gasteiger partial charge in [0.25, 0.3) is 0 Å². The number of anilines is 1. The van der Waals surface area contributed by atoms with Crippen LogP contribution in [0.2, 0.25) is 0 Å². The molecule has 0 saturated carbocycles. The molecule has 2 aliphatic rings. The molecule has 0 spiro atoms. The number of carbonyl (C=O) groups excluding carboxylic acids is 1. The largest absolute Gasteiger partial charge is 0.492 e. The maximum Gasteiger partial charge on any atom is 0.335 e. The number of aromatic nitrogens is 2. The van der Waals surface area contributed by atoms with Crippen LogP contribution in [-0.2, 0) is 14.3 Å². The summed E-state index contributed by atoms with van der Waals surface area (Å²) in [4.78, 5) is 22.0. The molecule has 3 heterocycles. The van der Waals surface area contributed by atoms with E-state index >= 15 is 0 Å². The smallest absolute Gasteiger partial charge is 0.335 e. The number of carbonyl (C=O) groups is 1. The molecule has 0 bridgehead atoms. The lowest BCUT2D eigenvalue weighted by Crippen LogP contribution is -2.43. The zero-order chi connectivity index (χ0) is 19.9. The Morgan fingerprint density at radius 1 is 1.37 bits per heavy atom. The Morgan fingerprint density at radius 2 is 2.07 bits per heavy atom. The summed E-state index contributed by atoms with van der Waals surface area (Å²) in [5.74, 6) is -0.151. The van der Waals surface area contributed by atoms with Crippen LogP contribution < -0.4 is 4.90 Å². The number of esters is 1. The third kappa shape index (κ3) is 3.83. The van der Waals surface area contributed by atoms with E-state index in [4.69, 9.17) is 9.47 Å². The zero-order valence-electron chi connectivity index (χ0n) is 15.1. The minimum Gasteiger partial charge on any atom is -0.492 e. The van der Waals surface area contributed by atoms with Crippen LogP contribution in [-0.4, -0.2) is 79.5 Å². The highest BCUT2D eigenvalue weighted by atomic mass is 32.2. The molecule has 150 valence electrons. The van der Waals surface area contributed by atoms with Crippen LogP contribution in [0.4, 0.5) is 5.82 Å². The number of thioether (sulfide) groups is 1. The monoisotopic (exact) mass is 401 g/mol. The number of hydrogen-bond donors (Lipinski definition) is 4. The fourth-order valence-corrected chi connectivity index (χ4v) is 3.90. The molecule has 1 saturated heterocycles. The number of nitrogens with zero attached hydrogens (tertiary/aromatic N) is 3. The first-order valence-corrected chi connectivity index (χ1v) is 9.52. The van der Waals surface area contributed by atoms with Crippen molar-refractivity contribution >= 4 is 23.5 Å². The van der Waals surface area contributed by atoms with Crippen molar-refractivity contribution in [2.75, 3.05) is 17.4 Å². The van der Waals surface area contributed by atoms with Gasteiger partial charge < -0.3 is 34.8 Å². The van der Waals surface area contributed by atoms with Crippen molar-refractivity contribution in [3.63, 3.8) is 0 Å². The Bertz CT molecular complexity index is 719. The van der Waals surface area contributed by atoms with Crippen LogP contribution in [0.3, 0.4) is 0 Å². The number of aliphatic hydroxyl groups is 3. The van der Waals surface area contributed by atoms with Crippen molar-refractivity contribution in [1.29, 1.82) is 0 Å². The van der Waals surface area contributed by atoms with E-state index in [0.29, 0.717) is 22.4 Å². The Kier molecular flexibility index (Phi) is 5.77. The minimum absolute atomic E-state index is 0.147. The number of aryl methyl sites for hydroxylation is 1. The lowest BCUT2D eigenvalue weighted by atomic mass is 10.1. The molecule has 1 aromatic rings. The first-order chi connectivity index (χ1) is 12.7. The standard InChI is InChI=1S/C16H23N3O7S/c1-6(2)9(20)16(24)25-4-8-10(21)11(22)15(26-8)19-5-27-12-13(19)17-7(3)18-14(12)23/h6,8-11,15,20-22H,4-5H2,1-3H3,(H,17,18,23)/t8-,9+,10-,11-,15-/m1/s1. The van der Waals surface area contributed by atoms with E-state index in [1.807, 2.05) is 0 Å². The van der Waals surface area contributed by atoms with Crippen molar-refractivity contribution in [2.45, 2.75) is 56.3 Å². The Hall–Kier alpha value is -1.66. The number of aliphatic hydroxyl groups excluding tert-OH is 3. The molecule has 1 aromatic heterocycles. The quantitative estimate of drug-likeness (QED) is 0.468. The minimum atomic E-state index is -1.29. The van der Waals surface area contributed by atoms with E-state index in [1.165, 1.54) is 11.8 Å². The molecule has 27 heavy (non-hydrogen) atoms. The van der Waals surface area contributed by atoms with Gasteiger partial charge >= 0.3 is 5.97 Å². The van der Waals surface area contributed by atoms with Crippen LogP contribution >= 0.6 is 11.8 Å². The van der Waals surface area contributed by atoms with Crippen LogP contribution in [0.25, 0.3) is 0 Å². The third-order valence-corrected chi connectivity index (χ3v) is 5.53. The summed E-state index contributed by atoms with van der Waals surface area (Å²) in [7, 11) is 0. The van der Waals surface area contributed by atoms with Crippen LogP contribution in [0, 0.1) is 12.8 Å². The van der Waals surface area contributed by atoms with Gasteiger partial charge in [-0.25, -0.2) is 9.78 Å². The lowest BCUT2D eigenvalue weighted by molar-refractivity contribution is -0.161. The molecule has 0 unspecified atom stereocenters. The number of hydrogen-bond acceptors (Lipinski definition) is 11. The van der Waals surface area contributed by atoms with Crippen LogP contribution in [0.5, 0.6) is 5.88 Å². The van der Waals surface area contributed by atoms with Crippen LogP contribution in [0.15, 0.2) is 4.90 Å². The summed E-state index contributed by atoms with van der Waals surface area (Å²) in [6.07, 6.45) is -5.72. The maximum atomic E-state index is 11.8. The molecule has 0 aliphatic carbocycles. The number of ether oxygens (including phenoxy) is 2. The number of rotatable bonds is 5. The highest BCUT2D eigenvalue weighted by Gasteiger charge is 2.48. The summed E-state index contributed by atoms with van der Waals surface area (Å²) < 4.78 is 10.7. The summed E-state index contributed by atoms with van der Waals surface area (Å²) >= 11 is 1.29. The predicted octanol–water partition coefficient (Wildman–Crippen LogP) is -0.633. The molecular weight excluding hydrogens is 378 g/mol. The second-order valence-electron chi connectivity index (χ2n) is 6.86. The third-order valence-electron chi connectivity index (χ3n) is 4.47. The highest BCUT2D eigenvalue weighted by Crippen LogP contribution is 2.44. The maximum absolute atomic E-state index is 11.8. The zero-order valence-corrected chi connectivity index (χ0v) is 16.0. The van der Waals surface area contributed by atoms with Crippen molar-refractivity contribution < 1.29 is 34.7 Å². The summed E-state index contributed by atoms with van der Waals surface area (Å²) in [6, 6.07) is 0. The Balaban J connectivity index is 1.69.